The van der Waals surface area contributed by atoms with Crippen molar-refractivity contribution in [1.29, 1.82) is 0 Å². The zero-order chi connectivity index (χ0) is 11.1. The number of para-hydroxylation sites is 1. The van der Waals surface area contributed by atoms with Gasteiger partial charge in [0, 0.05) is 12.1 Å². The van der Waals surface area contributed by atoms with Crippen molar-refractivity contribution in [2.24, 2.45) is 0 Å². The number of methoxy groups -OCH3 is 1. The molecule has 1 aromatic rings. The Balaban J connectivity index is 2.39. The predicted octanol–water partition coefficient (Wildman–Crippen LogP) is 2.75. The van der Waals surface area contributed by atoms with E-state index >= 15 is 0 Å². The molecular formula is C13H19NO. The zero-order valence-corrected chi connectivity index (χ0v) is 9.55. The predicted molar refractivity (Wildman–Crippen MR) is 64.1 cm³/mol. The van der Waals surface area contributed by atoms with E-state index in [4.69, 9.17) is 4.74 Å². The molecule has 0 saturated carbocycles. The Morgan fingerprint density at radius 1 is 1.40 bits per heavy atom. The van der Waals surface area contributed by atoms with Crippen molar-refractivity contribution >= 4 is 0 Å². The first-order chi connectivity index (χ1) is 7.24. The van der Waals surface area contributed by atoms with E-state index in [2.05, 4.69) is 18.0 Å². The van der Waals surface area contributed by atoms with Gasteiger partial charge < -0.3 is 10.1 Å². The highest BCUT2D eigenvalue weighted by atomic mass is 16.5. The second-order valence-electron chi connectivity index (χ2n) is 3.70. The summed E-state index contributed by atoms with van der Waals surface area (Å²) in [6.07, 6.45) is 1.02. The van der Waals surface area contributed by atoms with Gasteiger partial charge in [0.25, 0.3) is 0 Å². The highest BCUT2D eigenvalue weighted by Crippen LogP contribution is 2.16. The van der Waals surface area contributed by atoms with Crippen LogP contribution in [0.4, 0.5) is 0 Å². The van der Waals surface area contributed by atoms with E-state index in [9.17, 15) is 0 Å². The summed E-state index contributed by atoms with van der Waals surface area (Å²) in [5, 5.41) is 3.37. The van der Waals surface area contributed by atoms with Crippen molar-refractivity contribution in [1.82, 2.24) is 5.32 Å². The zero-order valence-electron chi connectivity index (χ0n) is 9.55. The minimum absolute atomic E-state index is 0.845. The number of rotatable bonds is 6. The summed E-state index contributed by atoms with van der Waals surface area (Å²) >= 11 is 0. The van der Waals surface area contributed by atoms with Gasteiger partial charge in [-0.15, -0.1) is 6.58 Å². The fraction of sp³-hybridized carbons (Fsp3) is 0.385. The number of hydrogen-bond acceptors (Lipinski definition) is 2. The Morgan fingerprint density at radius 3 is 2.80 bits per heavy atom. The Morgan fingerprint density at radius 2 is 2.13 bits per heavy atom. The monoisotopic (exact) mass is 205 g/mol. The van der Waals surface area contributed by atoms with E-state index in [-0.39, 0.29) is 0 Å². The van der Waals surface area contributed by atoms with Gasteiger partial charge in [-0.2, -0.15) is 0 Å². The smallest absolute Gasteiger partial charge is 0.123 e. The molecule has 15 heavy (non-hydrogen) atoms. The second kappa shape index (κ2) is 6.25. The van der Waals surface area contributed by atoms with Crippen LogP contribution >= 0.6 is 0 Å². The summed E-state index contributed by atoms with van der Waals surface area (Å²) in [7, 11) is 1.70. The van der Waals surface area contributed by atoms with Gasteiger partial charge in [-0.1, -0.05) is 23.8 Å². The largest absolute Gasteiger partial charge is 0.496 e. The summed E-state index contributed by atoms with van der Waals surface area (Å²) in [6, 6.07) is 8.07. The molecule has 1 aromatic carbocycles. The molecule has 0 amide bonds. The molecule has 0 heterocycles. The van der Waals surface area contributed by atoms with Crippen molar-refractivity contribution in [3.63, 3.8) is 0 Å². The van der Waals surface area contributed by atoms with Crippen molar-refractivity contribution in [3.05, 3.63) is 42.0 Å². The van der Waals surface area contributed by atoms with Gasteiger partial charge in [-0.25, -0.2) is 0 Å². The molecule has 0 unspecified atom stereocenters. The van der Waals surface area contributed by atoms with Gasteiger partial charge in [0.05, 0.1) is 7.11 Å². The summed E-state index contributed by atoms with van der Waals surface area (Å²) in [4.78, 5) is 0. The van der Waals surface area contributed by atoms with Crippen molar-refractivity contribution in [2.45, 2.75) is 19.9 Å². The molecule has 82 valence electrons. The molecule has 0 aromatic heterocycles. The first-order valence-electron chi connectivity index (χ1n) is 5.21. The van der Waals surface area contributed by atoms with Crippen LogP contribution in [0.2, 0.25) is 0 Å². The van der Waals surface area contributed by atoms with E-state index in [0.29, 0.717) is 0 Å². The van der Waals surface area contributed by atoms with Gasteiger partial charge in [0.15, 0.2) is 0 Å². The summed E-state index contributed by atoms with van der Waals surface area (Å²) in [5.41, 5.74) is 2.41. The van der Waals surface area contributed by atoms with Gasteiger partial charge in [0.2, 0.25) is 0 Å². The second-order valence-corrected chi connectivity index (χ2v) is 3.70. The summed E-state index contributed by atoms with van der Waals surface area (Å²) in [6.45, 7) is 7.73. The highest BCUT2D eigenvalue weighted by Gasteiger charge is 1.99. The third-order valence-electron chi connectivity index (χ3n) is 2.24. The molecule has 0 spiro atoms. The lowest BCUT2D eigenvalue weighted by atomic mass is 10.2. The van der Waals surface area contributed by atoms with Gasteiger partial charge in [-0.3, -0.25) is 0 Å². The normalized spacial score (nSPS) is 10.0. The van der Waals surface area contributed by atoms with Crippen molar-refractivity contribution in [3.8, 4) is 5.75 Å². The van der Waals surface area contributed by atoms with E-state index < -0.39 is 0 Å². The van der Waals surface area contributed by atoms with Crippen molar-refractivity contribution < 1.29 is 4.74 Å². The lowest BCUT2D eigenvalue weighted by Crippen LogP contribution is -2.15. The standard InChI is InChI=1S/C13H19NO/c1-11(2)8-9-14-10-12-6-4-5-7-13(12)15-3/h4-7,14H,1,8-10H2,2-3H3. The first-order valence-corrected chi connectivity index (χ1v) is 5.21. The maximum absolute atomic E-state index is 5.27. The van der Waals surface area contributed by atoms with Crippen LogP contribution in [0.15, 0.2) is 36.4 Å². The quantitative estimate of drug-likeness (QED) is 0.569. The molecule has 1 N–H and O–H groups in total. The fourth-order valence-electron chi connectivity index (χ4n) is 1.37. The molecule has 2 heteroatoms. The Bertz CT molecular complexity index is 320. The molecule has 2 nitrogen and oxygen atoms in total. The molecule has 0 saturated heterocycles. The van der Waals surface area contributed by atoms with Crippen molar-refractivity contribution in [2.75, 3.05) is 13.7 Å². The van der Waals surface area contributed by atoms with Gasteiger partial charge in [-0.05, 0) is 26.0 Å². The maximum Gasteiger partial charge on any atom is 0.123 e. The fourth-order valence-corrected chi connectivity index (χ4v) is 1.37. The van der Waals surface area contributed by atoms with E-state index in [0.717, 1.165) is 25.3 Å². The van der Waals surface area contributed by atoms with Crippen LogP contribution in [0.25, 0.3) is 0 Å². The minimum Gasteiger partial charge on any atom is -0.496 e. The Kier molecular flexibility index (Phi) is 4.91. The SMILES string of the molecule is C=C(C)CCNCc1ccccc1OC. The minimum atomic E-state index is 0.845. The molecule has 0 atom stereocenters. The van der Waals surface area contributed by atoms with Gasteiger partial charge in [0.1, 0.15) is 5.75 Å². The van der Waals surface area contributed by atoms with Crippen LogP contribution in [-0.2, 0) is 6.54 Å². The molecule has 1 rings (SSSR count). The van der Waals surface area contributed by atoms with Crippen LogP contribution in [0.5, 0.6) is 5.75 Å². The lowest BCUT2D eigenvalue weighted by molar-refractivity contribution is 0.408. The lowest BCUT2D eigenvalue weighted by Gasteiger charge is -2.09. The maximum atomic E-state index is 5.27. The summed E-state index contributed by atoms with van der Waals surface area (Å²) < 4.78 is 5.27. The first kappa shape index (κ1) is 11.8. The third-order valence-corrected chi connectivity index (χ3v) is 2.24. The molecule has 0 aliphatic carbocycles. The van der Waals surface area contributed by atoms with Gasteiger partial charge >= 0.3 is 0 Å². The molecule has 0 bridgehead atoms. The average molecular weight is 205 g/mol. The molecule has 0 aliphatic rings. The third kappa shape index (κ3) is 4.17. The van der Waals surface area contributed by atoms with Crippen LogP contribution < -0.4 is 10.1 Å². The Labute approximate surface area is 92.0 Å². The van der Waals surface area contributed by atoms with Crippen LogP contribution in [-0.4, -0.2) is 13.7 Å². The molecular weight excluding hydrogens is 186 g/mol. The van der Waals surface area contributed by atoms with Crippen LogP contribution in [0, 0.1) is 0 Å². The number of benzene rings is 1. The molecule has 0 aliphatic heterocycles. The van der Waals surface area contributed by atoms with E-state index in [1.165, 1.54) is 11.1 Å². The van der Waals surface area contributed by atoms with E-state index in [1.807, 2.05) is 25.1 Å². The number of ether oxygens (including phenoxy) is 1. The molecule has 0 radical (unpaired) electrons. The van der Waals surface area contributed by atoms with Crippen LogP contribution in [0.3, 0.4) is 0 Å². The van der Waals surface area contributed by atoms with E-state index in [1.54, 1.807) is 7.11 Å². The number of nitrogens with one attached hydrogen (secondary N) is 1. The highest BCUT2D eigenvalue weighted by molar-refractivity contribution is 5.32. The number of hydrogen-bond donors (Lipinski definition) is 1. The molecule has 0 fully saturated rings. The summed E-state index contributed by atoms with van der Waals surface area (Å²) in [5.74, 6) is 0.945. The topological polar surface area (TPSA) is 21.3 Å². The average Bonchev–Trinajstić information content (AvgIpc) is 2.24. The Hall–Kier alpha value is -1.28. The van der Waals surface area contributed by atoms with Crippen LogP contribution in [0.1, 0.15) is 18.9 Å².